The van der Waals surface area contributed by atoms with E-state index in [1.807, 2.05) is 37.3 Å². The molecule has 0 radical (unpaired) electrons. The van der Waals surface area contributed by atoms with Crippen molar-refractivity contribution in [3.63, 3.8) is 0 Å². The summed E-state index contributed by atoms with van der Waals surface area (Å²) in [6.07, 6.45) is 0. The Morgan fingerprint density at radius 3 is 2.45 bits per heavy atom. The number of hydrogen-bond donors (Lipinski definition) is 1. The molecule has 0 fully saturated rings. The summed E-state index contributed by atoms with van der Waals surface area (Å²) in [5.41, 5.74) is 5.70. The summed E-state index contributed by atoms with van der Waals surface area (Å²) in [7, 11) is 0. The van der Waals surface area contributed by atoms with Gasteiger partial charge in [-0.05, 0) is 54.4 Å². The SMILES string of the molecule is Cc1nn2c(=O)c3ccc(-c4ccc(C#N)cc4)cc3[nH]c2c1-c1ccc(Cl)cc1Cl. The van der Waals surface area contributed by atoms with E-state index < -0.39 is 0 Å². The number of benzene rings is 3. The van der Waals surface area contributed by atoms with Crippen molar-refractivity contribution in [3.05, 3.63) is 92.3 Å². The van der Waals surface area contributed by atoms with Gasteiger partial charge < -0.3 is 4.98 Å². The second kappa shape index (κ2) is 7.28. The predicted molar refractivity (Wildman–Crippen MR) is 124 cm³/mol. The molecule has 2 heterocycles. The molecule has 0 bridgehead atoms. The van der Waals surface area contributed by atoms with Gasteiger partial charge in [0.05, 0.1) is 33.3 Å². The van der Waals surface area contributed by atoms with E-state index in [4.69, 9.17) is 28.5 Å². The summed E-state index contributed by atoms with van der Waals surface area (Å²) >= 11 is 12.5. The van der Waals surface area contributed by atoms with Crippen molar-refractivity contribution in [1.29, 1.82) is 5.26 Å². The zero-order chi connectivity index (χ0) is 21.7. The molecule has 7 heteroatoms. The highest BCUT2D eigenvalue weighted by Crippen LogP contribution is 2.35. The largest absolute Gasteiger partial charge is 0.339 e. The third-order valence-electron chi connectivity index (χ3n) is 5.30. The maximum absolute atomic E-state index is 13.1. The van der Waals surface area contributed by atoms with Crippen LogP contribution in [0, 0.1) is 18.3 Å². The van der Waals surface area contributed by atoms with E-state index in [9.17, 15) is 4.79 Å². The van der Waals surface area contributed by atoms with E-state index >= 15 is 0 Å². The van der Waals surface area contributed by atoms with Crippen LogP contribution < -0.4 is 5.56 Å². The Kier molecular flexibility index (Phi) is 4.55. The van der Waals surface area contributed by atoms with E-state index in [1.165, 1.54) is 4.52 Å². The summed E-state index contributed by atoms with van der Waals surface area (Å²) in [6.45, 7) is 1.84. The number of nitriles is 1. The van der Waals surface area contributed by atoms with Crippen LogP contribution in [0.4, 0.5) is 0 Å². The molecule has 0 unspecified atom stereocenters. The van der Waals surface area contributed by atoms with Crippen LogP contribution in [-0.4, -0.2) is 14.6 Å². The highest BCUT2D eigenvalue weighted by Gasteiger charge is 2.18. The summed E-state index contributed by atoms with van der Waals surface area (Å²) in [4.78, 5) is 16.5. The number of aryl methyl sites for hydroxylation is 1. The van der Waals surface area contributed by atoms with Crippen LogP contribution in [-0.2, 0) is 0 Å². The zero-order valence-electron chi connectivity index (χ0n) is 16.3. The van der Waals surface area contributed by atoms with Crippen molar-refractivity contribution in [3.8, 4) is 28.3 Å². The quantitative estimate of drug-likeness (QED) is 0.362. The summed E-state index contributed by atoms with van der Waals surface area (Å²) in [5, 5.41) is 15.0. The molecule has 0 spiro atoms. The second-order valence-electron chi connectivity index (χ2n) is 7.22. The lowest BCUT2D eigenvalue weighted by molar-refractivity contribution is 0.895. The first-order valence-electron chi connectivity index (χ1n) is 9.47. The molecule has 150 valence electrons. The lowest BCUT2D eigenvalue weighted by Crippen LogP contribution is -2.15. The highest BCUT2D eigenvalue weighted by atomic mass is 35.5. The van der Waals surface area contributed by atoms with Crippen molar-refractivity contribution >= 4 is 39.8 Å². The minimum absolute atomic E-state index is 0.213. The number of rotatable bonds is 2. The van der Waals surface area contributed by atoms with Crippen LogP contribution in [0.1, 0.15) is 11.3 Å². The van der Waals surface area contributed by atoms with E-state index in [-0.39, 0.29) is 5.56 Å². The third-order valence-corrected chi connectivity index (χ3v) is 5.85. The average molecular weight is 445 g/mol. The van der Waals surface area contributed by atoms with Gasteiger partial charge in [-0.2, -0.15) is 14.9 Å². The molecule has 31 heavy (non-hydrogen) atoms. The fraction of sp³-hybridized carbons (Fsp3) is 0.0417. The summed E-state index contributed by atoms with van der Waals surface area (Å²) in [6, 6.07) is 20.3. The molecule has 0 saturated heterocycles. The van der Waals surface area contributed by atoms with Crippen LogP contribution in [0.25, 0.3) is 38.8 Å². The molecule has 3 aromatic carbocycles. The topological polar surface area (TPSA) is 74.0 Å². The molecular weight excluding hydrogens is 431 g/mol. The molecule has 0 atom stereocenters. The number of fused-ring (bicyclic) bond motifs is 2. The molecular formula is C24H14Cl2N4O. The standard InChI is InChI=1S/C24H14Cl2N4O/c1-13-22(18-9-7-17(25)11-20(18)26)23-28-21-10-16(15-4-2-14(12-27)3-5-15)6-8-19(21)24(31)30(23)29-13/h2-11,28H,1H3. The molecule has 5 nitrogen and oxygen atoms in total. The van der Waals surface area contributed by atoms with E-state index in [1.54, 1.807) is 30.3 Å². The maximum atomic E-state index is 13.1. The minimum Gasteiger partial charge on any atom is -0.339 e. The lowest BCUT2D eigenvalue weighted by Gasteiger charge is -2.07. The van der Waals surface area contributed by atoms with Gasteiger partial charge in [0, 0.05) is 16.1 Å². The maximum Gasteiger partial charge on any atom is 0.282 e. The Labute approximate surface area is 187 Å². The number of nitrogens with zero attached hydrogens (tertiary/aromatic N) is 3. The molecule has 0 saturated carbocycles. The third kappa shape index (κ3) is 3.17. The van der Waals surface area contributed by atoms with Gasteiger partial charge in [0.25, 0.3) is 5.56 Å². The molecule has 5 aromatic rings. The number of H-pyrrole nitrogens is 1. The van der Waals surface area contributed by atoms with Gasteiger partial charge in [0.15, 0.2) is 0 Å². The van der Waals surface area contributed by atoms with E-state index in [0.717, 1.165) is 22.3 Å². The van der Waals surface area contributed by atoms with Crippen LogP contribution in [0.2, 0.25) is 10.0 Å². The Morgan fingerprint density at radius 1 is 1.00 bits per heavy atom. The van der Waals surface area contributed by atoms with Crippen LogP contribution >= 0.6 is 23.2 Å². The molecule has 0 aliphatic rings. The minimum atomic E-state index is -0.213. The first-order chi connectivity index (χ1) is 15.0. The molecule has 2 aromatic heterocycles. The Bertz CT molecular complexity index is 1590. The van der Waals surface area contributed by atoms with E-state index in [0.29, 0.717) is 37.9 Å². The first kappa shape index (κ1) is 19.4. The molecule has 5 rings (SSSR count). The summed E-state index contributed by atoms with van der Waals surface area (Å²) in [5.74, 6) is 0. The molecule has 0 aliphatic heterocycles. The first-order valence-corrected chi connectivity index (χ1v) is 10.2. The second-order valence-corrected chi connectivity index (χ2v) is 8.07. The van der Waals surface area contributed by atoms with Crippen LogP contribution in [0.5, 0.6) is 0 Å². The van der Waals surface area contributed by atoms with Gasteiger partial charge in [0.2, 0.25) is 0 Å². The molecule has 0 amide bonds. The number of nitrogens with one attached hydrogen (secondary N) is 1. The Balaban J connectivity index is 1.76. The van der Waals surface area contributed by atoms with Crippen molar-refractivity contribution in [2.45, 2.75) is 6.92 Å². The number of hydrogen-bond acceptors (Lipinski definition) is 3. The number of aromatic amines is 1. The fourth-order valence-corrected chi connectivity index (χ4v) is 4.30. The molecule has 0 aliphatic carbocycles. The van der Waals surface area contributed by atoms with Crippen molar-refractivity contribution in [1.82, 2.24) is 14.6 Å². The van der Waals surface area contributed by atoms with Gasteiger partial charge in [-0.25, -0.2) is 0 Å². The Hall–Kier alpha value is -3.59. The van der Waals surface area contributed by atoms with Crippen LogP contribution in [0.3, 0.4) is 0 Å². The van der Waals surface area contributed by atoms with Crippen molar-refractivity contribution in [2.24, 2.45) is 0 Å². The average Bonchev–Trinajstić information content (AvgIpc) is 3.10. The molecule has 1 N–H and O–H groups in total. The summed E-state index contributed by atoms with van der Waals surface area (Å²) < 4.78 is 1.37. The monoisotopic (exact) mass is 444 g/mol. The van der Waals surface area contributed by atoms with Crippen molar-refractivity contribution in [2.75, 3.05) is 0 Å². The van der Waals surface area contributed by atoms with Crippen LogP contribution in [0.15, 0.2) is 65.5 Å². The van der Waals surface area contributed by atoms with Gasteiger partial charge in [-0.1, -0.05) is 47.5 Å². The smallest absolute Gasteiger partial charge is 0.282 e. The number of halogens is 2. The zero-order valence-corrected chi connectivity index (χ0v) is 17.8. The van der Waals surface area contributed by atoms with Gasteiger partial charge in [-0.3, -0.25) is 4.79 Å². The predicted octanol–water partition coefficient (Wildman–Crippen LogP) is 6.00. The Morgan fingerprint density at radius 2 is 1.74 bits per heavy atom. The van der Waals surface area contributed by atoms with Gasteiger partial charge in [0.1, 0.15) is 5.65 Å². The van der Waals surface area contributed by atoms with Gasteiger partial charge in [-0.15, -0.1) is 0 Å². The van der Waals surface area contributed by atoms with E-state index in [2.05, 4.69) is 16.2 Å². The highest BCUT2D eigenvalue weighted by molar-refractivity contribution is 6.36. The van der Waals surface area contributed by atoms with Crippen molar-refractivity contribution < 1.29 is 0 Å². The van der Waals surface area contributed by atoms with Gasteiger partial charge >= 0.3 is 0 Å². The lowest BCUT2D eigenvalue weighted by atomic mass is 10.0. The number of aromatic nitrogens is 3. The normalized spacial score (nSPS) is 11.2. The fourth-order valence-electron chi connectivity index (χ4n) is 3.80.